The molecule has 23 heavy (non-hydrogen) atoms. The van der Waals surface area contributed by atoms with Gasteiger partial charge in [-0.15, -0.1) is 0 Å². The number of nitrogens with one attached hydrogen (secondary N) is 1. The Labute approximate surface area is 137 Å². The molecule has 3 rings (SSSR count). The topological polar surface area (TPSA) is 43.4 Å². The van der Waals surface area contributed by atoms with Crippen LogP contribution in [-0.2, 0) is 4.74 Å². The SMILES string of the molecule is CCOC1CC(NC(C)c2cccnc2)C1Oc1ccccc1. The van der Waals surface area contributed by atoms with E-state index in [1.165, 1.54) is 5.56 Å². The van der Waals surface area contributed by atoms with E-state index < -0.39 is 0 Å². The van der Waals surface area contributed by atoms with Gasteiger partial charge in [-0.25, -0.2) is 0 Å². The Morgan fingerprint density at radius 3 is 2.74 bits per heavy atom. The van der Waals surface area contributed by atoms with Crippen LogP contribution in [0.4, 0.5) is 0 Å². The summed E-state index contributed by atoms with van der Waals surface area (Å²) in [5.41, 5.74) is 1.19. The van der Waals surface area contributed by atoms with Crippen LogP contribution in [0.1, 0.15) is 31.9 Å². The van der Waals surface area contributed by atoms with Gasteiger partial charge in [-0.1, -0.05) is 24.3 Å². The number of hydrogen-bond acceptors (Lipinski definition) is 4. The van der Waals surface area contributed by atoms with E-state index >= 15 is 0 Å². The molecule has 1 aliphatic rings. The largest absolute Gasteiger partial charge is 0.486 e. The van der Waals surface area contributed by atoms with Crippen molar-refractivity contribution in [3.63, 3.8) is 0 Å². The average molecular weight is 312 g/mol. The number of aromatic nitrogens is 1. The molecule has 1 heterocycles. The lowest BCUT2D eigenvalue weighted by Gasteiger charge is -2.45. The minimum absolute atomic E-state index is 0.0384. The number of benzene rings is 1. The summed E-state index contributed by atoms with van der Waals surface area (Å²) in [5, 5.41) is 3.65. The first kappa shape index (κ1) is 16.0. The van der Waals surface area contributed by atoms with Gasteiger partial charge in [-0.2, -0.15) is 0 Å². The van der Waals surface area contributed by atoms with Crippen LogP contribution in [0.3, 0.4) is 0 Å². The maximum Gasteiger partial charge on any atom is 0.140 e. The molecule has 0 spiro atoms. The van der Waals surface area contributed by atoms with Gasteiger partial charge in [0, 0.05) is 31.1 Å². The van der Waals surface area contributed by atoms with Crippen LogP contribution in [-0.4, -0.2) is 29.8 Å². The molecule has 1 saturated carbocycles. The highest BCUT2D eigenvalue weighted by Gasteiger charge is 2.44. The van der Waals surface area contributed by atoms with Gasteiger partial charge in [-0.05, 0) is 44.0 Å². The van der Waals surface area contributed by atoms with Crippen molar-refractivity contribution in [3.8, 4) is 5.75 Å². The summed E-state index contributed by atoms with van der Waals surface area (Å²) >= 11 is 0. The molecule has 2 aromatic rings. The molecule has 4 atom stereocenters. The van der Waals surface area contributed by atoms with Crippen molar-refractivity contribution >= 4 is 0 Å². The molecule has 4 nitrogen and oxygen atoms in total. The second-order valence-corrected chi connectivity index (χ2v) is 5.91. The zero-order valence-corrected chi connectivity index (χ0v) is 13.7. The van der Waals surface area contributed by atoms with Gasteiger partial charge in [0.25, 0.3) is 0 Å². The quantitative estimate of drug-likeness (QED) is 0.851. The smallest absolute Gasteiger partial charge is 0.140 e. The van der Waals surface area contributed by atoms with Crippen molar-refractivity contribution in [1.29, 1.82) is 0 Å². The van der Waals surface area contributed by atoms with E-state index in [-0.39, 0.29) is 24.3 Å². The third kappa shape index (κ3) is 3.89. The minimum atomic E-state index is 0.0384. The third-order valence-electron chi connectivity index (χ3n) is 4.29. The fourth-order valence-electron chi connectivity index (χ4n) is 2.99. The molecule has 0 bridgehead atoms. The Morgan fingerprint density at radius 1 is 1.22 bits per heavy atom. The Hall–Kier alpha value is -1.91. The van der Waals surface area contributed by atoms with Crippen molar-refractivity contribution in [1.82, 2.24) is 10.3 Å². The van der Waals surface area contributed by atoms with Gasteiger partial charge in [0.1, 0.15) is 11.9 Å². The fourth-order valence-corrected chi connectivity index (χ4v) is 2.99. The molecule has 4 unspecified atom stereocenters. The van der Waals surface area contributed by atoms with Crippen LogP contribution in [0.5, 0.6) is 5.75 Å². The highest BCUT2D eigenvalue weighted by atomic mass is 16.5. The lowest BCUT2D eigenvalue weighted by atomic mass is 9.84. The first-order valence-corrected chi connectivity index (χ1v) is 8.27. The van der Waals surface area contributed by atoms with Gasteiger partial charge < -0.3 is 14.8 Å². The summed E-state index contributed by atoms with van der Waals surface area (Å²) in [5.74, 6) is 0.891. The molecular weight excluding hydrogens is 288 g/mol. The van der Waals surface area contributed by atoms with Crippen LogP contribution in [0, 0.1) is 0 Å². The van der Waals surface area contributed by atoms with Gasteiger partial charge in [0.05, 0.1) is 6.10 Å². The second kappa shape index (κ2) is 7.57. The van der Waals surface area contributed by atoms with Crippen LogP contribution in [0.2, 0.25) is 0 Å². The molecular formula is C19H24N2O2. The highest BCUT2D eigenvalue weighted by molar-refractivity contribution is 5.23. The molecule has 4 heteroatoms. The molecule has 1 aliphatic carbocycles. The van der Waals surface area contributed by atoms with E-state index in [1.807, 2.05) is 49.5 Å². The van der Waals surface area contributed by atoms with Crippen molar-refractivity contribution in [2.75, 3.05) is 6.61 Å². The molecule has 1 aromatic carbocycles. The van der Waals surface area contributed by atoms with Gasteiger partial charge in [0.2, 0.25) is 0 Å². The first-order chi connectivity index (χ1) is 11.3. The Bertz CT molecular complexity index is 591. The van der Waals surface area contributed by atoms with Crippen LogP contribution < -0.4 is 10.1 Å². The predicted molar refractivity (Wildman–Crippen MR) is 90.5 cm³/mol. The number of para-hydroxylation sites is 1. The molecule has 0 saturated heterocycles. The normalized spacial score (nSPS) is 24.7. The number of ether oxygens (including phenoxy) is 2. The van der Waals surface area contributed by atoms with Gasteiger partial charge in [-0.3, -0.25) is 4.98 Å². The summed E-state index contributed by atoms with van der Waals surface area (Å²) < 4.78 is 12.0. The van der Waals surface area contributed by atoms with Crippen molar-refractivity contribution in [2.24, 2.45) is 0 Å². The monoisotopic (exact) mass is 312 g/mol. The number of hydrogen-bond donors (Lipinski definition) is 1. The predicted octanol–water partition coefficient (Wildman–Crippen LogP) is 3.36. The Kier molecular flexibility index (Phi) is 5.26. The van der Waals surface area contributed by atoms with E-state index in [0.29, 0.717) is 6.61 Å². The van der Waals surface area contributed by atoms with Crippen LogP contribution in [0.15, 0.2) is 54.9 Å². The maximum absolute atomic E-state index is 6.16. The summed E-state index contributed by atoms with van der Waals surface area (Å²) in [6, 6.07) is 14.5. The summed E-state index contributed by atoms with van der Waals surface area (Å²) in [6.07, 6.45) is 4.86. The molecule has 122 valence electrons. The van der Waals surface area contributed by atoms with Crippen molar-refractivity contribution in [3.05, 3.63) is 60.4 Å². The molecule has 0 radical (unpaired) electrons. The number of rotatable bonds is 7. The van der Waals surface area contributed by atoms with E-state index in [2.05, 4.69) is 23.3 Å². The Morgan fingerprint density at radius 2 is 2.04 bits per heavy atom. The van der Waals surface area contributed by atoms with Gasteiger partial charge >= 0.3 is 0 Å². The van der Waals surface area contributed by atoms with Crippen molar-refractivity contribution in [2.45, 2.75) is 44.6 Å². The number of pyridine rings is 1. The zero-order valence-electron chi connectivity index (χ0n) is 13.7. The fraction of sp³-hybridized carbons (Fsp3) is 0.421. The molecule has 0 amide bonds. The second-order valence-electron chi connectivity index (χ2n) is 5.91. The molecule has 0 aliphatic heterocycles. The van der Waals surface area contributed by atoms with E-state index in [9.17, 15) is 0 Å². The Balaban J connectivity index is 1.64. The standard InChI is InChI=1S/C19H24N2O2/c1-3-22-18-12-17(19(18)23-16-9-5-4-6-10-16)21-14(2)15-8-7-11-20-13-15/h4-11,13-14,17-19,21H,3,12H2,1-2H3. The average Bonchev–Trinajstić information content (AvgIpc) is 2.60. The maximum atomic E-state index is 6.16. The molecule has 1 aromatic heterocycles. The van der Waals surface area contributed by atoms with Gasteiger partial charge in [0.15, 0.2) is 0 Å². The molecule has 1 fully saturated rings. The van der Waals surface area contributed by atoms with E-state index in [0.717, 1.165) is 12.2 Å². The lowest BCUT2D eigenvalue weighted by molar-refractivity contribution is -0.104. The number of nitrogens with zero attached hydrogens (tertiary/aromatic N) is 1. The van der Waals surface area contributed by atoms with E-state index in [1.54, 1.807) is 6.20 Å². The third-order valence-corrected chi connectivity index (χ3v) is 4.29. The highest BCUT2D eigenvalue weighted by Crippen LogP contribution is 2.31. The van der Waals surface area contributed by atoms with Crippen LogP contribution in [0.25, 0.3) is 0 Å². The first-order valence-electron chi connectivity index (χ1n) is 8.27. The van der Waals surface area contributed by atoms with E-state index in [4.69, 9.17) is 9.47 Å². The summed E-state index contributed by atoms with van der Waals surface area (Å²) in [6.45, 7) is 4.90. The van der Waals surface area contributed by atoms with Crippen LogP contribution >= 0.6 is 0 Å². The zero-order chi connectivity index (χ0) is 16.1. The summed E-state index contributed by atoms with van der Waals surface area (Å²) in [4.78, 5) is 4.19. The lowest BCUT2D eigenvalue weighted by Crippen LogP contribution is -2.61. The van der Waals surface area contributed by atoms with Crippen molar-refractivity contribution < 1.29 is 9.47 Å². The molecule has 1 N–H and O–H groups in total. The minimum Gasteiger partial charge on any atom is -0.486 e. The summed E-state index contributed by atoms with van der Waals surface area (Å²) in [7, 11) is 0.